The maximum Gasteiger partial charge on any atom is 0.407 e. The number of methoxy groups -OCH3 is 1. The van der Waals surface area contributed by atoms with Crippen LogP contribution in [-0.2, 0) is 20.9 Å². The molecular formula is C25H25N3O6S. The largest absolute Gasteiger partial charge is 0.481 e. The number of carbonyl (C=O) groups is 3. The maximum atomic E-state index is 13.0. The number of aromatic nitrogens is 1. The van der Waals surface area contributed by atoms with Gasteiger partial charge in [0.25, 0.3) is 0 Å². The molecule has 9 nitrogen and oxygen atoms in total. The number of alkyl carbamates (subject to hydrolysis) is 1. The van der Waals surface area contributed by atoms with Crippen LogP contribution < -0.4 is 10.1 Å². The first kappa shape index (κ1) is 24.2. The van der Waals surface area contributed by atoms with Gasteiger partial charge in [-0.3, -0.25) is 9.59 Å². The Balaban J connectivity index is 1.42. The average Bonchev–Trinajstić information content (AvgIpc) is 3.43. The summed E-state index contributed by atoms with van der Waals surface area (Å²) in [7, 11) is 3.00. The molecule has 4 rings (SSSR count). The van der Waals surface area contributed by atoms with Crippen molar-refractivity contribution in [2.24, 2.45) is 0 Å². The second-order valence-electron chi connectivity index (χ2n) is 8.16. The van der Waals surface area contributed by atoms with Crippen LogP contribution in [0.1, 0.15) is 29.0 Å². The highest BCUT2D eigenvalue weighted by Gasteiger charge is 2.31. The number of carbonyl (C=O) groups excluding carboxylic acids is 2. The first-order valence-electron chi connectivity index (χ1n) is 10.9. The molecule has 1 aliphatic rings. The topological polar surface area (TPSA) is 118 Å². The first-order valence-corrected chi connectivity index (χ1v) is 11.8. The Kier molecular flexibility index (Phi) is 7.31. The van der Waals surface area contributed by atoms with E-state index in [1.54, 1.807) is 5.38 Å². The van der Waals surface area contributed by atoms with Crippen molar-refractivity contribution in [2.45, 2.75) is 24.9 Å². The first-order chi connectivity index (χ1) is 16.9. The normalized spacial score (nSPS) is 12.9. The minimum absolute atomic E-state index is 0.0570. The molecule has 2 N–H and O–H groups in total. The number of hydrogen-bond donors (Lipinski definition) is 2. The highest BCUT2D eigenvalue weighted by molar-refractivity contribution is 7.03. The number of amides is 2. The third kappa shape index (κ3) is 5.27. The molecule has 1 heterocycles. The summed E-state index contributed by atoms with van der Waals surface area (Å²) in [6.45, 7) is 0.211. The van der Waals surface area contributed by atoms with Crippen LogP contribution in [0, 0.1) is 0 Å². The minimum atomic E-state index is -1.29. The fraction of sp³-hybridized carbons (Fsp3) is 0.280. The summed E-state index contributed by atoms with van der Waals surface area (Å²) in [5.74, 6) is -1.53. The number of benzene rings is 2. The number of fused-ring (bicyclic) bond motifs is 3. The fourth-order valence-corrected chi connectivity index (χ4v) is 4.92. The zero-order valence-electron chi connectivity index (χ0n) is 19.3. The Morgan fingerprint density at radius 2 is 1.74 bits per heavy atom. The van der Waals surface area contributed by atoms with E-state index >= 15 is 0 Å². The van der Waals surface area contributed by atoms with E-state index in [1.807, 2.05) is 48.5 Å². The van der Waals surface area contributed by atoms with Crippen molar-refractivity contribution in [3.8, 4) is 17.0 Å². The quantitative estimate of drug-likeness (QED) is 0.467. The van der Waals surface area contributed by atoms with Crippen LogP contribution in [0.25, 0.3) is 11.1 Å². The molecule has 35 heavy (non-hydrogen) atoms. The molecule has 10 heteroatoms. The molecule has 2 amide bonds. The van der Waals surface area contributed by atoms with Gasteiger partial charge in [0.2, 0.25) is 11.8 Å². The zero-order valence-corrected chi connectivity index (χ0v) is 20.1. The van der Waals surface area contributed by atoms with E-state index < -0.39 is 30.4 Å². The van der Waals surface area contributed by atoms with Gasteiger partial charge in [-0.05, 0) is 33.8 Å². The van der Waals surface area contributed by atoms with Crippen molar-refractivity contribution < 1.29 is 29.0 Å². The average molecular weight is 496 g/mol. The predicted octanol–water partition coefficient (Wildman–Crippen LogP) is 3.49. The van der Waals surface area contributed by atoms with Crippen LogP contribution in [-0.4, -0.2) is 59.2 Å². The Morgan fingerprint density at radius 1 is 1.11 bits per heavy atom. The number of nitrogens with zero attached hydrogens (tertiary/aromatic N) is 2. The highest BCUT2D eigenvalue weighted by atomic mass is 32.1. The molecule has 0 fully saturated rings. The van der Waals surface area contributed by atoms with Crippen molar-refractivity contribution in [3.05, 3.63) is 70.6 Å². The van der Waals surface area contributed by atoms with Gasteiger partial charge in [-0.15, -0.1) is 0 Å². The van der Waals surface area contributed by atoms with Gasteiger partial charge in [0.05, 0.1) is 20.1 Å². The summed E-state index contributed by atoms with van der Waals surface area (Å²) in [5, 5.41) is 13.5. The summed E-state index contributed by atoms with van der Waals surface area (Å²) in [5.41, 5.74) is 4.98. The second-order valence-corrected chi connectivity index (χ2v) is 8.79. The second kappa shape index (κ2) is 10.6. The molecule has 3 aromatic rings. The van der Waals surface area contributed by atoms with Crippen molar-refractivity contribution in [3.63, 3.8) is 0 Å². The number of aliphatic carboxylic acids is 1. The Bertz CT molecular complexity index is 1200. The minimum Gasteiger partial charge on any atom is -0.481 e. The van der Waals surface area contributed by atoms with Crippen LogP contribution in [0.3, 0.4) is 0 Å². The van der Waals surface area contributed by atoms with E-state index in [2.05, 4.69) is 9.69 Å². The van der Waals surface area contributed by atoms with E-state index in [1.165, 1.54) is 30.6 Å². The van der Waals surface area contributed by atoms with E-state index in [0.29, 0.717) is 11.4 Å². The molecule has 0 bridgehead atoms. The molecule has 0 spiro atoms. The van der Waals surface area contributed by atoms with Crippen LogP contribution in [0.4, 0.5) is 4.79 Å². The molecule has 0 saturated carbocycles. The molecule has 0 aliphatic heterocycles. The van der Waals surface area contributed by atoms with Gasteiger partial charge in [0.15, 0.2) is 0 Å². The molecular weight excluding hydrogens is 470 g/mol. The van der Waals surface area contributed by atoms with Gasteiger partial charge < -0.3 is 24.8 Å². The molecule has 1 aliphatic carbocycles. The van der Waals surface area contributed by atoms with Crippen molar-refractivity contribution in [1.29, 1.82) is 0 Å². The smallest absolute Gasteiger partial charge is 0.407 e. The summed E-state index contributed by atoms with van der Waals surface area (Å²) in [4.78, 5) is 38.3. The molecule has 2 aromatic carbocycles. The number of carboxylic acids is 1. The summed E-state index contributed by atoms with van der Waals surface area (Å²) >= 11 is 1.19. The summed E-state index contributed by atoms with van der Waals surface area (Å²) < 4.78 is 14.7. The third-order valence-electron chi connectivity index (χ3n) is 5.89. The number of likely N-dealkylation sites (N-methyl/N-ethyl adjacent to an activating group) is 1. The third-order valence-corrected chi connectivity index (χ3v) is 6.56. The molecule has 1 aromatic heterocycles. The van der Waals surface area contributed by atoms with Crippen molar-refractivity contribution in [2.75, 3.05) is 20.8 Å². The van der Waals surface area contributed by atoms with Gasteiger partial charge in [-0.25, -0.2) is 4.79 Å². The SMILES string of the molecule is COc1nscc1CN(C)C(=O)C(CC(=O)O)NC(=O)OCC1c2ccccc2-c2ccccc21. The number of rotatable bonds is 9. The van der Waals surface area contributed by atoms with Crippen LogP contribution in [0.2, 0.25) is 0 Å². The molecule has 1 unspecified atom stereocenters. The van der Waals surface area contributed by atoms with Crippen LogP contribution >= 0.6 is 11.5 Å². The molecule has 1 atom stereocenters. The van der Waals surface area contributed by atoms with E-state index in [4.69, 9.17) is 9.47 Å². The van der Waals surface area contributed by atoms with Crippen LogP contribution in [0.5, 0.6) is 5.88 Å². The van der Waals surface area contributed by atoms with E-state index in [-0.39, 0.29) is 19.1 Å². The molecule has 182 valence electrons. The Morgan fingerprint density at radius 3 is 2.34 bits per heavy atom. The summed E-state index contributed by atoms with van der Waals surface area (Å²) in [6, 6.07) is 14.6. The highest BCUT2D eigenvalue weighted by Crippen LogP contribution is 2.44. The number of hydrogen-bond acceptors (Lipinski definition) is 7. The van der Waals surface area contributed by atoms with E-state index in [9.17, 15) is 19.5 Å². The Hall–Kier alpha value is -3.92. The monoisotopic (exact) mass is 495 g/mol. The summed E-state index contributed by atoms with van der Waals surface area (Å²) in [6.07, 6.45) is -1.43. The van der Waals surface area contributed by atoms with Gasteiger partial charge in [-0.1, -0.05) is 48.5 Å². The van der Waals surface area contributed by atoms with Gasteiger partial charge >= 0.3 is 12.1 Å². The van der Waals surface area contributed by atoms with Crippen molar-refractivity contribution in [1.82, 2.24) is 14.6 Å². The van der Waals surface area contributed by atoms with Crippen LogP contribution in [0.15, 0.2) is 53.9 Å². The van der Waals surface area contributed by atoms with Gasteiger partial charge in [0.1, 0.15) is 12.6 Å². The fourth-order valence-electron chi connectivity index (χ4n) is 4.28. The number of carboxylic acid groups (broad SMARTS) is 1. The number of nitrogens with one attached hydrogen (secondary N) is 1. The number of ether oxygens (including phenoxy) is 2. The maximum absolute atomic E-state index is 13.0. The molecule has 0 radical (unpaired) electrons. The lowest BCUT2D eigenvalue weighted by Gasteiger charge is -2.24. The van der Waals surface area contributed by atoms with E-state index in [0.717, 1.165) is 22.3 Å². The lowest BCUT2D eigenvalue weighted by molar-refractivity contribution is -0.142. The Labute approximate surface area is 206 Å². The van der Waals surface area contributed by atoms with Gasteiger partial charge in [0, 0.05) is 23.9 Å². The van der Waals surface area contributed by atoms with Crippen molar-refractivity contribution >= 4 is 29.5 Å². The zero-order chi connectivity index (χ0) is 24.9. The standard InChI is InChI=1S/C25H25N3O6S/c1-28(12-15-14-35-27-23(15)33-2)24(31)21(11-22(29)30)26-25(32)34-13-20-18-9-5-3-7-16(18)17-8-4-6-10-19(17)20/h3-10,14,20-21H,11-13H2,1-2H3,(H,26,32)(H,29,30). The lowest BCUT2D eigenvalue weighted by atomic mass is 9.98. The lowest BCUT2D eigenvalue weighted by Crippen LogP contribution is -2.48. The van der Waals surface area contributed by atoms with Gasteiger partial charge in [-0.2, -0.15) is 4.37 Å². The predicted molar refractivity (Wildman–Crippen MR) is 129 cm³/mol. The molecule has 0 saturated heterocycles.